The molecular weight excluding hydrogens is 226 g/mol. The molecule has 0 spiro atoms. The molecule has 18 heavy (non-hydrogen) atoms. The number of aromatic nitrogens is 1. The average Bonchev–Trinajstić information content (AvgIpc) is 3.03. The molecule has 0 bridgehead atoms. The van der Waals surface area contributed by atoms with E-state index in [1.165, 1.54) is 24.8 Å². The molecule has 1 aliphatic carbocycles. The Morgan fingerprint density at radius 1 is 1.39 bits per heavy atom. The van der Waals surface area contributed by atoms with Gasteiger partial charge in [0, 0.05) is 6.54 Å². The van der Waals surface area contributed by atoms with Crippen LogP contribution >= 0.6 is 0 Å². The fraction of sp³-hybridized carbons (Fsp3) is 0.500. The molecule has 1 aliphatic rings. The van der Waals surface area contributed by atoms with Crippen LogP contribution in [-0.2, 0) is 6.42 Å². The van der Waals surface area contributed by atoms with Gasteiger partial charge in [0.1, 0.15) is 5.52 Å². The van der Waals surface area contributed by atoms with Crippen molar-refractivity contribution in [2.24, 2.45) is 11.1 Å². The number of oxazole rings is 1. The van der Waals surface area contributed by atoms with Crippen LogP contribution in [0.25, 0.3) is 11.1 Å². The molecule has 1 aromatic carbocycles. The monoisotopic (exact) mass is 245 g/mol. The molecule has 96 valence electrons. The Kier molecular flexibility index (Phi) is 3.06. The van der Waals surface area contributed by atoms with Gasteiger partial charge in [0.2, 0.25) is 0 Å². The third-order valence-corrected chi connectivity index (χ3v) is 3.88. The largest absolute Gasteiger partial charge is 0.443 e. The topological polar surface area (TPSA) is 64.1 Å². The maximum atomic E-state index is 5.75. The van der Waals surface area contributed by atoms with Crippen molar-refractivity contribution in [3.63, 3.8) is 0 Å². The van der Waals surface area contributed by atoms with E-state index in [2.05, 4.69) is 22.4 Å². The van der Waals surface area contributed by atoms with E-state index in [-0.39, 0.29) is 0 Å². The van der Waals surface area contributed by atoms with Gasteiger partial charge in [-0.25, -0.2) is 4.98 Å². The van der Waals surface area contributed by atoms with Crippen molar-refractivity contribution in [1.29, 1.82) is 0 Å². The first-order valence-corrected chi connectivity index (χ1v) is 6.54. The van der Waals surface area contributed by atoms with Gasteiger partial charge in [0.05, 0.1) is 0 Å². The summed E-state index contributed by atoms with van der Waals surface area (Å²) in [6.45, 7) is 2.85. The zero-order valence-electron chi connectivity index (χ0n) is 10.5. The van der Waals surface area contributed by atoms with Crippen molar-refractivity contribution in [1.82, 2.24) is 10.3 Å². The van der Waals surface area contributed by atoms with Crippen LogP contribution in [0.1, 0.15) is 18.4 Å². The second-order valence-electron chi connectivity index (χ2n) is 5.29. The molecule has 2 aromatic rings. The van der Waals surface area contributed by atoms with E-state index in [1.807, 2.05) is 6.07 Å². The molecule has 4 heteroatoms. The third kappa shape index (κ3) is 2.40. The molecule has 0 atom stereocenters. The fourth-order valence-corrected chi connectivity index (χ4v) is 2.27. The number of nitrogens with two attached hydrogens (primary N) is 1. The Hall–Kier alpha value is -1.39. The number of hydrogen-bond donors (Lipinski definition) is 2. The summed E-state index contributed by atoms with van der Waals surface area (Å²) in [5.41, 5.74) is 9.24. The van der Waals surface area contributed by atoms with Gasteiger partial charge in [0.15, 0.2) is 12.0 Å². The van der Waals surface area contributed by atoms with Crippen LogP contribution < -0.4 is 11.1 Å². The highest BCUT2D eigenvalue weighted by molar-refractivity contribution is 5.72. The Morgan fingerprint density at radius 3 is 3.06 bits per heavy atom. The van der Waals surface area contributed by atoms with Gasteiger partial charge in [0.25, 0.3) is 0 Å². The van der Waals surface area contributed by atoms with Crippen molar-refractivity contribution in [2.75, 3.05) is 19.6 Å². The van der Waals surface area contributed by atoms with Crippen LogP contribution in [0.15, 0.2) is 29.0 Å². The lowest BCUT2D eigenvalue weighted by atomic mass is 10.1. The van der Waals surface area contributed by atoms with Gasteiger partial charge in [-0.2, -0.15) is 0 Å². The highest BCUT2D eigenvalue weighted by atomic mass is 16.3. The maximum absolute atomic E-state index is 5.75. The average molecular weight is 245 g/mol. The van der Waals surface area contributed by atoms with Crippen LogP contribution in [0.3, 0.4) is 0 Å². The van der Waals surface area contributed by atoms with Crippen LogP contribution in [-0.4, -0.2) is 24.6 Å². The molecule has 0 saturated heterocycles. The zero-order valence-corrected chi connectivity index (χ0v) is 10.5. The minimum atomic E-state index is 0.412. The Labute approximate surface area is 107 Å². The van der Waals surface area contributed by atoms with Gasteiger partial charge in [-0.3, -0.25) is 0 Å². The maximum Gasteiger partial charge on any atom is 0.181 e. The summed E-state index contributed by atoms with van der Waals surface area (Å²) in [4.78, 5) is 4.11. The second-order valence-corrected chi connectivity index (χ2v) is 5.29. The first-order chi connectivity index (χ1) is 8.81. The van der Waals surface area contributed by atoms with E-state index in [0.29, 0.717) is 5.41 Å². The quantitative estimate of drug-likeness (QED) is 0.760. The molecular formula is C14H19N3O. The van der Waals surface area contributed by atoms with Gasteiger partial charge in [-0.05, 0) is 55.5 Å². The van der Waals surface area contributed by atoms with E-state index in [0.717, 1.165) is 37.2 Å². The second kappa shape index (κ2) is 4.71. The number of hydrogen-bond acceptors (Lipinski definition) is 4. The van der Waals surface area contributed by atoms with Crippen LogP contribution in [0.4, 0.5) is 0 Å². The van der Waals surface area contributed by atoms with Crippen molar-refractivity contribution in [3.05, 3.63) is 30.2 Å². The van der Waals surface area contributed by atoms with E-state index in [9.17, 15) is 0 Å². The summed E-state index contributed by atoms with van der Waals surface area (Å²) in [5.74, 6) is 0. The van der Waals surface area contributed by atoms with Gasteiger partial charge in [-0.1, -0.05) is 6.07 Å². The van der Waals surface area contributed by atoms with E-state index in [1.54, 1.807) is 0 Å². The lowest BCUT2D eigenvalue weighted by Gasteiger charge is -2.13. The minimum Gasteiger partial charge on any atom is -0.443 e. The molecule has 1 heterocycles. The molecule has 1 fully saturated rings. The van der Waals surface area contributed by atoms with Crippen molar-refractivity contribution >= 4 is 11.1 Å². The van der Waals surface area contributed by atoms with Gasteiger partial charge in [-0.15, -0.1) is 0 Å². The van der Waals surface area contributed by atoms with E-state index < -0.39 is 0 Å². The SMILES string of the molecule is NCC1(CNCCc2ccc3ncoc3c2)CC1. The molecule has 1 saturated carbocycles. The van der Waals surface area contributed by atoms with Crippen molar-refractivity contribution in [2.45, 2.75) is 19.3 Å². The summed E-state index contributed by atoms with van der Waals surface area (Å²) in [6.07, 6.45) is 5.06. The van der Waals surface area contributed by atoms with Crippen LogP contribution in [0, 0.1) is 5.41 Å². The third-order valence-electron chi connectivity index (χ3n) is 3.88. The normalized spacial score (nSPS) is 17.2. The van der Waals surface area contributed by atoms with Gasteiger partial charge >= 0.3 is 0 Å². The summed E-state index contributed by atoms with van der Waals surface area (Å²) in [6, 6.07) is 6.19. The molecule has 3 N–H and O–H groups in total. The Morgan fingerprint density at radius 2 is 2.28 bits per heavy atom. The number of nitrogens with zero attached hydrogens (tertiary/aromatic N) is 1. The molecule has 0 radical (unpaired) electrons. The standard InChI is InChI=1S/C14H19N3O/c15-8-14(4-5-14)9-16-6-3-11-1-2-12-13(7-11)18-10-17-12/h1-2,7,10,16H,3-6,8-9,15H2. The Bertz CT molecular complexity index is 531. The molecule has 0 amide bonds. The minimum absolute atomic E-state index is 0.412. The summed E-state index contributed by atoms with van der Waals surface area (Å²) in [7, 11) is 0. The zero-order chi connectivity index (χ0) is 12.4. The Balaban J connectivity index is 1.50. The lowest BCUT2D eigenvalue weighted by Crippen LogP contribution is -2.30. The number of nitrogens with one attached hydrogen (secondary N) is 1. The highest BCUT2D eigenvalue weighted by Gasteiger charge is 2.40. The van der Waals surface area contributed by atoms with E-state index in [4.69, 9.17) is 10.2 Å². The first kappa shape index (κ1) is 11.7. The van der Waals surface area contributed by atoms with E-state index >= 15 is 0 Å². The van der Waals surface area contributed by atoms with Crippen molar-refractivity contribution < 1.29 is 4.42 Å². The predicted molar refractivity (Wildman–Crippen MR) is 71.3 cm³/mol. The lowest BCUT2D eigenvalue weighted by molar-refractivity contribution is 0.470. The molecule has 0 unspecified atom stereocenters. The summed E-state index contributed by atoms with van der Waals surface area (Å²) >= 11 is 0. The predicted octanol–water partition coefficient (Wildman–Crippen LogP) is 1.70. The molecule has 4 nitrogen and oxygen atoms in total. The highest BCUT2D eigenvalue weighted by Crippen LogP contribution is 2.43. The smallest absolute Gasteiger partial charge is 0.181 e. The van der Waals surface area contributed by atoms with Crippen molar-refractivity contribution in [3.8, 4) is 0 Å². The van der Waals surface area contributed by atoms with Crippen LogP contribution in [0.5, 0.6) is 0 Å². The van der Waals surface area contributed by atoms with Crippen LogP contribution in [0.2, 0.25) is 0 Å². The van der Waals surface area contributed by atoms with Gasteiger partial charge < -0.3 is 15.5 Å². The number of benzene rings is 1. The fourth-order valence-electron chi connectivity index (χ4n) is 2.27. The summed E-state index contributed by atoms with van der Waals surface area (Å²) < 4.78 is 5.30. The number of rotatable bonds is 6. The number of fused-ring (bicyclic) bond motifs is 1. The molecule has 3 rings (SSSR count). The first-order valence-electron chi connectivity index (χ1n) is 6.54. The summed E-state index contributed by atoms with van der Waals surface area (Å²) in [5, 5.41) is 3.50. The molecule has 0 aliphatic heterocycles. The molecule has 1 aromatic heterocycles.